The van der Waals surface area contributed by atoms with Gasteiger partial charge in [-0.3, -0.25) is 0 Å². The predicted molar refractivity (Wildman–Crippen MR) is 99.2 cm³/mol. The van der Waals surface area contributed by atoms with E-state index in [1.54, 1.807) is 0 Å². The summed E-state index contributed by atoms with van der Waals surface area (Å²) in [5, 5.41) is 0. The van der Waals surface area contributed by atoms with Crippen LogP contribution in [0, 0.1) is 27.7 Å². The number of benzene rings is 3. The first-order chi connectivity index (χ1) is 11.1. The molecule has 0 radical (unpaired) electrons. The van der Waals surface area contributed by atoms with Gasteiger partial charge in [0.1, 0.15) is 0 Å². The summed E-state index contributed by atoms with van der Waals surface area (Å²) in [6.07, 6.45) is 0. The molecule has 116 valence electrons. The van der Waals surface area contributed by atoms with Crippen LogP contribution in [-0.2, 0) is 0 Å². The van der Waals surface area contributed by atoms with Crippen molar-refractivity contribution in [2.45, 2.75) is 33.6 Å². The lowest BCUT2D eigenvalue weighted by Gasteiger charge is -2.23. The van der Waals surface area contributed by atoms with Gasteiger partial charge < -0.3 is 0 Å². The quantitative estimate of drug-likeness (QED) is 0.513. The first kappa shape index (κ1) is 15.6. The highest BCUT2D eigenvalue weighted by molar-refractivity contribution is 5.49. The summed E-state index contributed by atoms with van der Waals surface area (Å²) in [7, 11) is 0. The van der Waals surface area contributed by atoms with Gasteiger partial charge in [-0.2, -0.15) is 0 Å². The second-order valence-corrected chi connectivity index (χ2v) is 6.56. The number of hydrogen-bond acceptors (Lipinski definition) is 0. The fourth-order valence-corrected chi connectivity index (χ4v) is 3.47. The number of aryl methyl sites for hydroxylation is 4. The Hall–Kier alpha value is -2.34. The Morgan fingerprint density at radius 2 is 1.04 bits per heavy atom. The Bertz CT molecular complexity index is 761. The van der Waals surface area contributed by atoms with E-state index in [4.69, 9.17) is 0 Å². The number of hydrogen-bond donors (Lipinski definition) is 0. The Labute approximate surface area is 139 Å². The van der Waals surface area contributed by atoms with E-state index in [2.05, 4.69) is 94.4 Å². The molecule has 23 heavy (non-hydrogen) atoms. The molecule has 0 amide bonds. The van der Waals surface area contributed by atoms with Crippen molar-refractivity contribution in [1.29, 1.82) is 0 Å². The lowest BCUT2D eigenvalue weighted by molar-refractivity contribution is 0.946. The molecule has 0 heterocycles. The zero-order valence-corrected chi connectivity index (χ0v) is 14.4. The molecule has 0 bridgehead atoms. The molecule has 0 atom stereocenters. The van der Waals surface area contributed by atoms with Crippen LogP contribution in [0.5, 0.6) is 0 Å². The zero-order chi connectivity index (χ0) is 16.4. The lowest BCUT2D eigenvalue weighted by Crippen LogP contribution is -2.07. The second-order valence-electron chi connectivity index (χ2n) is 6.56. The molecule has 0 nitrogen and oxygen atoms in total. The van der Waals surface area contributed by atoms with E-state index in [1.807, 2.05) is 0 Å². The molecule has 0 N–H and O–H groups in total. The molecule has 0 saturated heterocycles. The van der Waals surface area contributed by atoms with E-state index < -0.39 is 0 Å². The molecular weight excluding hydrogens is 276 g/mol. The standard InChI is InChI=1S/C23H24/c1-16-10-12-21(18(3)14-16)23(20-8-6-5-7-9-20)22-13-11-17(2)15-19(22)4/h5-15,23H,1-4H3. The van der Waals surface area contributed by atoms with Crippen LogP contribution in [-0.4, -0.2) is 0 Å². The van der Waals surface area contributed by atoms with Crippen LogP contribution in [0.3, 0.4) is 0 Å². The van der Waals surface area contributed by atoms with E-state index in [-0.39, 0.29) is 5.92 Å². The average molecular weight is 300 g/mol. The Morgan fingerprint density at radius 3 is 1.48 bits per heavy atom. The van der Waals surface area contributed by atoms with Crippen LogP contribution in [0.15, 0.2) is 66.7 Å². The monoisotopic (exact) mass is 300 g/mol. The normalized spacial score (nSPS) is 11.0. The topological polar surface area (TPSA) is 0 Å². The first-order valence-corrected chi connectivity index (χ1v) is 8.25. The third-order valence-electron chi connectivity index (χ3n) is 4.61. The fraction of sp³-hybridized carbons (Fsp3) is 0.217. The smallest absolute Gasteiger partial charge is 0.0345 e. The second kappa shape index (κ2) is 6.42. The maximum Gasteiger partial charge on any atom is 0.0345 e. The highest BCUT2D eigenvalue weighted by Gasteiger charge is 2.20. The molecule has 0 heteroatoms. The minimum Gasteiger partial charge on any atom is -0.0622 e. The van der Waals surface area contributed by atoms with Gasteiger partial charge in [-0.05, 0) is 55.5 Å². The van der Waals surface area contributed by atoms with Crippen molar-refractivity contribution in [3.8, 4) is 0 Å². The fourth-order valence-electron chi connectivity index (χ4n) is 3.47. The van der Waals surface area contributed by atoms with E-state index >= 15 is 0 Å². The lowest BCUT2D eigenvalue weighted by atomic mass is 9.81. The van der Waals surface area contributed by atoms with E-state index in [9.17, 15) is 0 Å². The minimum absolute atomic E-state index is 0.289. The summed E-state index contributed by atoms with van der Waals surface area (Å²) in [6, 6.07) is 24.4. The third kappa shape index (κ3) is 3.22. The summed E-state index contributed by atoms with van der Waals surface area (Å²) < 4.78 is 0. The zero-order valence-electron chi connectivity index (χ0n) is 14.4. The Morgan fingerprint density at radius 1 is 0.565 bits per heavy atom. The van der Waals surface area contributed by atoms with Gasteiger partial charge in [0.2, 0.25) is 0 Å². The van der Waals surface area contributed by atoms with Gasteiger partial charge in [0.25, 0.3) is 0 Å². The maximum absolute atomic E-state index is 2.29. The van der Waals surface area contributed by atoms with Crippen LogP contribution in [0.4, 0.5) is 0 Å². The first-order valence-electron chi connectivity index (χ1n) is 8.25. The third-order valence-corrected chi connectivity index (χ3v) is 4.61. The predicted octanol–water partition coefficient (Wildman–Crippen LogP) is 6.10. The number of rotatable bonds is 3. The van der Waals surface area contributed by atoms with Crippen molar-refractivity contribution < 1.29 is 0 Å². The van der Waals surface area contributed by atoms with Gasteiger partial charge in [0.15, 0.2) is 0 Å². The van der Waals surface area contributed by atoms with Crippen molar-refractivity contribution in [2.24, 2.45) is 0 Å². The molecule has 0 unspecified atom stereocenters. The molecule has 3 aromatic rings. The molecule has 3 aromatic carbocycles. The van der Waals surface area contributed by atoms with Crippen LogP contribution in [0.1, 0.15) is 44.9 Å². The SMILES string of the molecule is Cc1ccc(C(c2ccccc2)c2ccc(C)cc2C)c(C)c1. The summed E-state index contributed by atoms with van der Waals surface area (Å²) in [4.78, 5) is 0. The van der Waals surface area contributed by atoms with Gasteiger partial charge >= 0.3 is 0 Å². The van der Waals surface area contributed by atoms with E-state index in [0.717, 1.165) is 0 Å². The molecular formula is C23H24. The molecule has 0 aliphatic heterocycles. The average Bonchev–Trinajstić information content (AvgIpc) is 2.52. The van der Waals surface area contributed by atoms with Gasteiger partial charge in [0, 0.05) is 5.92 Å². The molecule has 3 rings (SSSR count). The van der Waals surface area contributed by atoms with Crippen molar-refractivity contribution in [3.63, 3.8) is 0 Å². The van der Waals surface area contributed by atoms with Crippen LogP contribution >= 0.6 is 0 Å². The molecule has 0 aliphatic carbocycles. The van der Waals surface area contributed by atoms with Gasteiger partial charge in [-0.15, -0.1) is 0 Å². The van der Waals surface area contributed by atoms with Crippen LogP contribution < -0.4 is 0 Å². The van der Waals surface area contributed by atoms with Crippen molar-refractivity contribution in [2.75, 3.05) is 0 Å². The Balaban J connectivity index is 2.22. The molecule has 0 saturated carbocycles. The van der Waals surface area contributed by atoms with Crippen molar-refractivity contribution in [3.05, 3.63) is 106 Å². The summed E-state index contributed by atoms with van der Waals surface area (Å²) in [6.45, 7) is 8.76. The highest BCUT2D eigenvalue weighted by atomic mass is 14.2. The van der Waals surface area contributed by atoms with Gasteiger partial charge in [-0.25, -0.2) is 0 Å². The Kier molecular flexibility index (Phi) is 4.34. The van der Waals surface area contributed by atoms with Crippen molar-refractivity contribution >= 4 is 0 Å². The summed E-state index contributed by atoms with van der Waals surface area (Å²) in [5.41, 5.74) is 9.50. The van der Waals surface area contributed by atoms with Crippen molar-refractivity contribution in [1.82, 2.24) is 0 Å². The van der Waals surface area contributed by atoms with E-state index in [0.29, 0.717) is 0 Å². The van der Waals surface area contributed by atoms with Crippen LogP contribution in [0.2, 0.25) is 0 Å². The van der Waals surface area contributed by atoms with Gasteiger partial charge in [0.05, 0.1) is 0 Å². The largest absolute Gasteiger partial charge is 0.0622 e. The van der Waals surface area contributed by atoms with E-state index in [1.165, 1.54) is 38.9 Å². The molecule has 0 fully saturated rings. The molecule has 0 spiro atoms. The molecule has 0 aromatic heterocycles. The van der Waals surface area contributed by atoms with Gasteiger partial charge in [-0.1, -0.05) is 77.9 Å². The maximum atomic E-state index is 2.29. The minimum atomic E-state index is 0.289. The summed E-state index contributed by atoms with van der Waals surface area (Å²) in [5.74, 6) is 0.289. The van der Waals surface area contributed by atoms with Crippen LogP contribution in [0.25, 0.3) is 0 Å². The summed E-state index contributed by atoms with van der Waals surface area (Å²) >= 11 is 0. The molecule has 0 aliphatic rings. The highest BCUT2D eigenvalue weighted by Crippen LogP contribution is 2.35.